The molecule has 27 heavy (non-hydrogen) atoms. The Morgan fingerprint density at radius 2 is 1.30 bits per heavy atom. The van der Waals surface area contributed by atoms with Crippen LogP contribution >= 0.6 is 0 Å². The number of allylic oxidation sites excluding steroid dienone is 1. The highest BCUT2D eigenvalue weighted by atomic mass is 32.2. The lowest BCUT2D eigenvalue weighted by Gasteiger charge is -2.24. The molecule has 4 heteroatoms. The Hall–Kier alpha value is -0.350. The highest BCUT2D eigenvalue weighted by molar-refractivity contribution is 7.89. The average molecular weight is 402 g/mol. The third kappa shape index (κ3) is 15.3. The van der Waals surface area contributed by atoms with Gasteiger partial charge in [-0.3, -0.25) is 0 Å². The minimum absolute atomic E-state index is 0.0434. The van der Waals surface area contributed by atoms with Gasteiger partial charge >= 0.3 is 0 Å². The summed E-state index contributed by atoms with van der Waals surface area (Å²) in [6.07, 6.45) is 20.5. The highest BCUT2D eigenvalue weighted by Gasteiger charge is 2.28. The topological polar surface area (TPSA) is 60.2 Å². The monoisotopic (exact) mass is 401 g/mol. The van der Waals surface area contributed by atoms with E-state index in [1.54, 1.807) is 6.08 Å². The van der Waals surface area contributed by atoms with Crippen molar-refractivity contribution in [3.63, 3.8) is 0 Å². The second-order valence-electron chi connectivity index (χ2n) is 8.65. The van der Waals surface area contributed by atoms with Crippen LogP contribution in [0.2, 0.25) is 0 Å². The Balaban J connectivity index is 3.75. The minimum atomic E-state index is -3.48. The van der Waals surface area contributed by atoms with Crippen LogP contribution < -0.4 is 5.14 Å². The molecule has 3 nitrogen and oxygen atoms in total. The zero-order chi connectivity index (χ0) is 20.5. The third-order valence-corrected chi connectivity index (χ3v) is 7.28. The number of hydrogen-bond acceptors (Lipinski definition) is 2. The Bertz CT molecular complexity index is 447. The van der Waals surface area contributed by atoms with Crippen LogP contribution in [-0.4, -0.2) is 13.7 Å². The molecule has 0 aliphatic heterocycles. The molecule has 0 amide bonds. The van der Waals surface area contributed by atoms with Crippen LogP contribution in [0.15, 0.2) is 12.7 Å². The summed E-state index contributed by atoms with van der Waals surface area (Å²) in [6, 6.07) is 0. The van der Waals surface area contributed by atoms with Gasteiger partial charge in [0.25, 0.3) is 0 Å². The number of rotatable bonds is 19. The van der Waals surface area contributed by atoms with Crippen molar-refractivity contribution in [3.8, 4) is 0 Å². The van der Waals surface area contributed by atoms with E-state index in [-0.39, 0.29) is 5.92 Å². The van der Waals surface area contributed by atoms with Crippen LogP contribution in [0.3, 0.4) is 0 Å². The lowest BCUT2D eigenvalue weighted by atomic mass is 9.91. The number of hydrogen-bond donors (Lipinski definition) is 1. The summed E-state index contributed by atoms with van der Waals surface area (Å²) in [5, 5.41) is 5.02. The van der Waals surface area contributed by atoms with E-state index < -0.39 is 15.3 Å². The Kier molecular flexibility index (Phi) is 16.4. The molecule has 0 fully saturated rings. The summed E-state index contributed by atoms with van der Waals surface area (Å²) < 4.78 is 23.8. The smallest absolute Gasteiger partial charge is 0.212 e. The van der Waals surface area contributed by atoms with Gasteiger partial charge in [0.15, 0.2) is 0 Å². The molecule has 0 aromatic carbocycles. The zero-order valence-corrected chi connectivity index (χ0v) is 19.2. The van der Waals surface area contributed by atoms with E-state index >= 15 is 0 Å². The molecule has 0 saturated carbocycles. The zero-order valence-electron chi connectivity index (χ0n) is 18.4. The van der Waals surface area contributed by atoms with Crippen molar-refractivity contribution < 1.29 is 8.42 Å². The molecule has 0 spiro atoms. The number of nitrogens with two attached hydrogens (primary N) is 1. The van der Waals surface area contributed by atoms with E-state index in [0.29, 0.717) is 18.8 Å². The van der Waals surface area contributed by atoms with Gasteiger partial charge in [0.1, 0.15) is 0 Å². The summed E-state index contributed by atoms with van der Waals surface area (Å²) in [6.45, 7) is 10.1. The molecule has 0 heterocycles. The summed E-state index contributed by atoms with van der Waals surface area (Å²) >= 11 is 0. The quantitative estimate of drug-likeness (QED) is 0.187. The van der Waals surface area contributed by atoms with Crippen LogP contribution in [0.25, 0.3) is 0 Å². The van der Waals surface area contributed by atoms with Gasteiger partial charge < -0.3 is 0 Å². The lowest BCUT2D eigenvalue weighted by Crippen LogP contribution is -2.35. The first-order valence-corrected chi connectivity index (χ1v) is 13.1. The third-order valence-electron chi connectivity index (χ3n) is 5.78. The van der Waals surface area contributed by atoms with Gasteiger partial charge in [0.05, 0.1) is 5.25 Å². The molecular weight excluding hydrogens is 354 g/mol. The molecule has 0 aromatic rings. The Morgan fingerprint density at radius 1 is 0.852 bits per heavy atom. The van der Waals surface area contributed by atoms with Crippen LogP contribution in [0.4, 0.5) is 0 Å². The van der Waals surface area contributed by atoms with E-state index in [1.807, 2.05) is 6.92 Å². The van der Waals surface area contributed by atoms with Crippen LogP contribution in [-0.2, 0) is 10.0 Å². The van der Waals surface area contributed by atoms with Crippen molar-refractivity contribution in [1.82, 2.24) is 0 Å². The number of primary sulfonamides is 1. The molecule has 162 valence electrons. The van der Waals surface area contributed by atoms with Gasteiger partial charge in [-0.25, -0.2) is 13.6 Å². The van der Waals surface area contributed by atoms with E-state index in [0.717, 1.165) is 6.42 Å². The van der Waals surface area contributed by atoms with Crippen molar-refractivity contribution in [2.24, 2.45) is 17.0 Å². The fraction of sp³-hybridized carbons (Fsp3) is 0.913. The molecule has 0 aliphatic carbocycles. The Morgan fingerprint density at radius 3 is 1.70 bits per heavy atom. The molecule has 0 radical (unpaired) electrons. The van der Waals surface area contributed by atoms with Crippen LogP contribution in [0.1, 0.15) is 117 Å². The fourth-order valence-corrected chi connectivity index (χ4v) is 5.31. The van der Waals surface area contributed by atoms with Crippen molar-refractivity contribution in [3.05, 3.63) is 12.7 Å². The molecule has 2 N–H and O–H groups in total. The second-order valence-corrected chi connectivity index (χ2v) is 10.4. The highest BCUT2D eigenvalue weighted by Crippen LogP contribution is 2.25. The lowest BCUT2D eigenvalue weighted by molar-refractivity contribution is 0.395. The predicted octanol–water partition coefficient (Wildman–Crippen LogP) is 6.97. The van der Waals surface area contributed by atoms with E-state index in [2.05, 4.69) is 20.4 Å². The summed E-state index contributed by atoms with van der Waals surface area (Å²) in [5.74, 6) is 0.450. The van der Waals surface area contributed by atoms with Crippen molar-refractivity contribution in [2.45, 2.75) is 122 Å². The molecule has 0 aliphatic rings. The summed E-state index contributed by atoms with van der Waals surface area (Å²) in [5.41, 5.74) is 0. The summed E-state index contributed by atoms with van der Waals surface area (Å²) in [4.78, 5) is 0. The van der Waals surface area contributed by atoms with E-state index in [4.69, 9.17) is 5.14 Å². The first-order chi connectivity index (χ1) is 12.8. The van der Waals surface area contributed by atoms with E-state index in [1.165, 1.54) is 77.0 Å². The van der Waals surface area contributed by atoms with Gasteiger partial charge in [-0.1, -0.05) is 110 Å². The minimum Gasteiger partial charge on any atom is -0.228 e. The molecule has 0 bridgehead atoms. The van der Waals surface area contributed by atoms with Gasteiger partial charge in [-0.15, -0.1) is 6.58 Å². The standard InChI is InChI=1S/C23H47NO2S/c1-5-7-8-9-10-11-12-13-14-15-16-17-19-21(3)20-23(27(24,25)26)22(4)18-6-2/h6,21-23H,2,5,7-20H2,1,3-4H3,(H2,24,25,26)/t21-,22+,23-/m0/s1. The second kappa shape index (κ2) is 16.6. The van der Waals surface area contributed by atoms with Gasteiger partial charge in [0.2, 0.25) is 10.0 Å². The van der Waals surface area contributed by atoms with Crippen molar-refractivity contribution in [2.75, 3.05) is 0 Å². The van der Waals surface area contributed by atoms with Gasteiger partial charge in [-0.2, -0.15) is 0 Å². The molecule has 0 rings (SSSR count). The Labute approximate surface area is 170 Å². The summed E-state index contributed by atoms with van der Waals surface area (Å²) in [7, 11) is -3.48. The number of unbranched alkanes of at least 4 members (excludes halogenated alkanes) is 11. The molecule has 3 atom stereocenters. The number of sulfonamides is 1. The maximum atomic E-state index is 11.9. The maximum Gasteiger partial charge on any atom is 0.212 e. The predicted molar refractivity (Wildman–Crippen MR) is 120 cm³/mol. The van der Waals surface area contributed by atoms with Gasteiger partial charge in [0, 0.05) is 0 Å². The molecule has 0 unspecified atom stereocenters. The normalized spacial score (nSPS) is 15.4. The van der Waals surface area contributed by atoms with Crippen molar-refractivity contribution >= 4 is 10.0 Å². The van der Waals surface area contributed by atoms with Crippen molar-refractivity contribution in [1.29, 1.82) is 0 Å². The average Bonchev–Trinajstić information content (AvgIpc) is 2.59. The molecule has 0 saturated heterocycles. The maximum absolute atomic E-state index is 11.9. The SMILES string of the molecule is C=CC[C@@H](C)[C@H](C[C@@H](C)CCCCCCCCCCCCCC)S(N)(=O)=O. The largest absolute Gasteiger partial charge is 0.228 e. The van der Waals surface area contributed by atoms with Crippen LogP contribution in [0, 0.1) is 11.8 Å². The first-order valence-electron chi connectivity index (χ1n) is 11.4. The van der Waals surface area contributed by atoms with Crippen LogP contribution in [0.5, 0.6) is 0 Å². The fourth-order valence-electron chi connectivity index (χ4n) is 3.95. The van der Waals surface area contributed by atoms with Gasteiger partial charge in [-0.05, 0) is 24.7 Å². The molecule has 0 aromatic heterocycles. The van der Waals surface area contributed by atoms with E-state index in [9.17, 15) is 8.42 Å². The molecular formula is C23H47NO2S. The first kappa shape index (κ1) is 26.6.